The first kappa shape index (κ1) is 19.1. The number of ether oxygens (including phenoxy) is 2. The van der Waals surface area contributed by atoms with Crippen molar-refractivity contribution in [3.8, 4) is 11.5 Å². The van der Waals surface area contributed by atoms with Gasteiger partial charge in [-0.3, -0.25) is 4.79 Å². The fourth-order valence-corrected chi connectivity index (χ4v) is 7.94. The van der Waals surface area contributed by atoms with E-state index in [1.807, 2.05) is 25.1 Å². The highest BCUT2D eigenvalue weighted by atomic mass is 79.9. The number of methoxy groups -OCH3 is 2. The van der Waals surface area contributed by atoms with Gasteiger partial charge in [0.2, 0.25) is 5.91 Å². The number of carbonyl (C=O) groups is 1. The molecule has 1 N–H and O–H groups in total. The van der Waals surface area contributed by atoms with E-state index in [9.17, 15) is 4.79 Å². The summed E-state index contributed by atoms with van der Waals surface area (Å²) in [6.07, 6.45) is 8.20. The highest BCUT2D eigenvalue weighted by molar-refractivity contribution is 9.10. The Kier molecular flexibility index (Phi) is 4.94. The zero-order chi connectivity index (χ0) is 19.2. The largest absolute Gasteiger partial charge is 0.497 e. The SMILES string of the molecule is COc1ccc(OC)c(C(C)NC(=O)CC23CC4CC(CC(Br)(C4)C2)C3)c1. The van der Waals surface area contributed by atoms with Crippen LogP contribution in [-0.4, -0.2) is 24.5 Å². The van der Waals surface area contributed by atoms with Crippen LogP contribution in [0.2, 0.25) is 0 Å². The Hall–Kier alpha value is -1.23. The smallest absolute Gasteiger partial charge is 0.221 e. The van der Waals surface area contributed by atoms with E-state index < -0.39 is 0 Å². The van der Waals surface area contributed by atoms with Gasteiger partial charge >= 0.3 is 0 Å². The Labute approximate surface area is 170 Å². The molecule has 5 rings (SSSR count). The first-order valence-corrected chi connectivity index (χ1v) is 10.8. The van der Waals surface area contributed by atoms with E-state index in [1.54, 1.807) is 14.2 Å². The number of rotatable bonds is 6. The van der Waals surface area contributed by atoms with Crippen molar-refractivity contribution < 1.29 is 14.3 Å². The van der Waals surface area contributed by atoms with Crippen molar-refractivity contribution in [1.29, 1.82) is 0 Å². The molecule has 4 fully saturated rings. The Balaban J connectivity index is 1.46. The number of carbonyl (C=O) groups excluding carboxylic acids is 1. The number of benzene rings is 1. The Morgan fingerprint density at radius 2 is 1.93 bits per heavy atom. The lowest BCUT2D eigenvalue weighted by molar-refractivity contribution is -0.128. The molecular weight excluding hydrogens is 406 g/mol. The second-order valence-electron chi connectivity index (χ2n) is 9.19. The van der Waals surface area contributed by atoms with Crippen molar-refractivity contribution >= 4 is 21.8 Å². The predicted molar refractivity (Wildman–Crippen MR) is 109 cm³/mol. The van der Waals surface area contributed by atoms with E-state index in [0.717, 1.165) is 35.3 Å². The summed E-state index contributed by atoms with van der Waals surface area (Å²) in [5.74, 6) is 3.31. The van der Waals surface area contributed by atoms with E-state index >= 15 is 0 Å². The van der Waals surface area contributed by atoms with Gasteiger partial charge in [0.15, 0.2) is 0 Å². The number of hydrogen-bond donors (Lipinski definition) is 1. The molecule has 27 heavy (non-hydrogen) atoms. The van der Waals surface area contributed by atoms with Crippen LogP contribution >= 0.6 is 15.9 Å². The van der Waals surface area contributed by atoms with Crippen molar-refractivity contribution in [2.24, 2.45) is 17.3 Å². The number of alkyl halides is 1. The second kappa shape index (κ2) is 6.98. The second-order valence-corrected chi connectivity index (χ2v) is 10.9. The highest BCUT2D eigenvalue weighted by Crippen LogP contribution is 2.65. The molecule has 0 spiro atoms. The zero-order valence-electron chi connectivity index (χ0n) is 16.5. The fraction of sp³-hybridized carbons (Fsp3) is 0.682. The van der Waals surface area contributed by atoms with Crippen LogP contribution in [-0.2, 0) is 4.79 Å². The molecule has 1 amide bonds. The number of halogens is 1. The summed E-state index contributed by atoms with van der Waals surface area (Å²) >= 11 is 4.04. The third-order valence-electron chi connectivity index (χ3n) is 6.93. The van der Waals surface area contributed by atoms with Gasteiger partial charge in [0.05, 0.1) is 20.3 Å². The van der Waals surface area contributed by atoms with Gasteiger partial charge in [-0.25, -0.2) is 0 Å². The minimum Gasteiger partial charge on any atom is -0.497 e. The summed E-state index contributed by atoms with van der Waals surface area (Å²) in [4.78, 5) is 13.0. The molecule has 3 unspecified atom stereocenters. The highest BCUT2D eigenvalue weighted by Gasteiger charge is 2.57. The van der Waals surface area contributed by atoms with Crippen LogP contribution in [0.4, 0.5) is 0 Å². The third-order valence-corrected chi connectivity index (χ3v) is 7.86. The maximum Gasteiger partial charge on any atom is 0.221 e. The first-order chi connectivity index (χ1) is 12.8. The number of amides is 1. The summed E-state index contributed by atoms with van der Waals surface area (Å²) in [6.45, 7) is 2.01. The molecule has 4 nitrogen and oxygen atoms in total. The van der Waals surface area contributed by atoms with Crippen LogP contribution in [0.3, 0.4) is 0 Å². The van der Waals surface area contributed by atoms with Gasteiger partial charge in [0, 0.05) is 16.3 Å². The number of nitrogens with one attached hydrogen (secondary N) is 1. The molecule has 5 heteroatoms. The van der Waals surface area contributed by atoms with E-state index in [4.69, 9.17) is 9.47 Å². The molecule has 0 heterocycles. The normalized spacial score (nSPS) is 35.0. The molecule has 0 aliphatic heterocycles. The lowest BCUT2D eigenvalue weighted by atomic mass is 9.48. The van der Waals surface area contributed by atoms with Crippen molar-refractivity contribution in [1.82, 2.24) is 5.32 Å². The molecule has 0 saturated heterocycles. The quantitative estimate of drug-likeness (QED) is 0.639. The van der Waals surface area contributed by atoms with Crippen LogP contribution in [0.1, 0.15) is 63.5 Å². The van der Waals surface area contributed by atoms with Crippen LogP contribution in [0.25, 0.3) is 0 Å². The van der Waals surface area contributed by atoms with Crippen LogP contribution < -0.4 is 14.8 Å². The van der Waals surface area contributed by atoms with Crippen LogP contribution in [0.15, 0.2) is 18.2 Å². The van der Waals surface area contributed by atoms with Crippen LogP contribution in [0, 0.1) is 17.3 Å². The summed E-state index contributed by atoms with van der Waals surface area (Å²) in [6, 6.07) is 5.60. The lowest BCUT2D eigenvalue weighted by Crippen LogP contribution is -2.54. The van der Waals surface area contributed by atoms with Crippen molar-refractivity contribution in [2.75, 3.05) is 14.2 Å². The summed E-state index contributed by atoms with van der Waals surface area (Å²) in [5.41, 5.74) is 1.14. The molecule has 4 saturated carbocycles. The molecule has 1 aromatic rings. The predicted octanol–water partition coefficient (Wildman–Crippen LogP) is 5.01. The standard InChI is InChI=1S/C22H30BrNO3/c1-14(18-7-17(26-2)4-5-19(18)27-3)24-20(25)12-21-8-15-6-16(9-21)11-22(23,10-15)13-21/h4-5,7,14-16H,6,8-13H2,1-3H3,(H,24,25). The van der Waals surface area contributed by atoms with E-state index in [2.05, 4.69) is 21.2 Å². The Morgan fingerprint density at radius 1 is 1.22 bits per heavy atom. The van der Waals surface area contributed by atoms with Gasteiger partial charge < -0.3 is 14.8 Å². The molecule has 0 radical (unpaired) electrons. The monoisotopic (exact) mass is 435 g/mol. The summed E-state index contributed by atoms with van der Waals surface area (Å²) in [5, 5.41) is 3.22. The van der Waals surface area contributed by atoms with Crippen molar-refractivity contribution in [3.05, 3.63) is 23.8 Å². The lowest BCUT2D eigenvalue weighted by Gasteiger charge is -2.60. The van der Waals surface area contributed by atoms with Gasteiger partial charge in [-0.1, -0.05) is 15.9 Å². The van der Waals surface area contributed by atoms with Gasteiger partial charge in [-0.2, -0.15) is 0 Å². The molecular formula is C22H30BrNO3. The molecule has 4 aliphatic rings. The summed E-state index contributed by atoms with van der Waals surface area (Å²) < 4.78 is 11.1. The summed E-state index contributed by atoms with van der Waals surface area (Å²) in [7, 11) is 3.31. The fourth-order valence-electron chi connectivity index (χ4n) is 6.43. The first-order valence-electron chi connectivity index (χ1n) is 10.0. The Bertz CT molecular complexity index is 720. The van der Waals surface area contributed by atoms with E-state index in [-0.39, 0.29) is 17.4 Å². The Morgan fingerprint density at radius 3 is 2.52 bits per heavy atom. The minimum atomic E-state index is -0.116. The zero-order valence-corrected chi connectivity index (χ0v) is 18.1. The molecule has 148 valence electrons. The van der Waals surface area contributed by atoms with E-state index in [1.165, 1.54) is 32.1 Å². The van der Waals surface area contributed by atoms with Gasteiger partial charge in [-0.05, 0) is 80.9 Å². The molecule has 4 bridgehead atoms. The maximum atomic E-state index is 13.0. The minimum absolute atomic E-state index is 0.116. The molecule has 0 aromatic heterocycles. The van der Waals surface area contributed by atoms with Gasteiger partial charge in [0.1, 0.15) is 11.5 Å². The van der Waals surface area contributed by atoms with Crippen molar-refractivity contribution in [2.45, 2.75) is 62.2 Å². The van der Waals surface area contributed by atoms with Gasteiger partial charge in [-0.15, -0.1) is 0 Å². The average molecular weight is 436 g/mol. The van der Waals surface area contributed by atoms with Gasteiger partial charge in [0.25, 0.3) is 0 Å². The number of hydrogen-bond acceptors (Lipinski definition) is 3. The van der Waals surface area contributed by atoms with Crippen LogP contribution in [0.5, 0.6) is 11.5 Å². The molecule has 3 atom stereocenters. The topological polar surface area (TPSA) is 47.6 Å². The molecule has 4 aliphatic carbocycles. The molecule has 1 aromatic carbocycles. The maximum absolute atomic E-state index is 13.0. The average Bonchev–Trinajstić information content (AvgIpc) is 2.58. The van der Waals surface area contributed by atoms with E-state index in [0.29, 0.717) is 10.7 Å². The van der Waals surface area contributed by atoms with Crippen molar-refractivity contribution in [3.63, 3.8) is 0 Å². The third kappa shape index (κ3) is 3.72.